The first-order valence-electron chi connectivity index (χ1n) is 5.43. The number of benzene rings is 1. The minimum atomic E-state index is -3.89. The first-order chi connectivity index (χ1) is 8.77. The summed E-state index contributed by atoms with van der Waals surface area (Å²) in [4.78, 5) is 10.7. The molecule has 1 aromatic rings. The lowest BCUT2D eigenvalue weighted by Crippen LogP contribution is -2.30. The van der Waals surface area contributed by atoms with Gasteiger partial charge in [-0.15, -0.1) is 0 Å². The van der Waals surface area contributed by atoms with Gasteiger partial charge in [-0.25, -0.2) is 17.9 Å². The first-order valence-corrected chi connectivity index (χ1v) is 8.20. The van der Waals surface area contributed by atoms with Crippen molar-refractivity contribution < 1.29 is 18.3 Å². The molecular formula is C11H16N2O4S2. The number of sulfonamides is 1. The molecule has 0 fully saturated rings. The number of carboxylic acids is 1. The molecule has 0 aliphatic heterocycles. The maximum atomic E-state index is 12.1. The van der Waals surface area contributed by atoms with Gasteiger partial charge in [0.15, 0.2) is 0 Å². The lowest BCUT2D eigenvalue weighted by molar-refractivity contribution is 0.0692. The highest BCUT2D eigenvalue weighted by Crippen LogP contribution is 2.19. The third kappa shape index (κ3) is 4.12. The van der Waals surface area contributed by atoms with Crippen LogP contribution in [0.4, 0.5) is 5.69 Å². The number of nitrogens with one attached hydrogen (secondary N) is 1. The minimum Gasteiger partial charge on any atom is -0.478 e. The third-order valence-electron chi connectivity index (χ3n) is 2.49. The van der Waals surface area contributed by atoms with E-state index in [1.54, 1.807) is 0 Å². The minimum absolute atomic E-state index is 0.0871. The highest BCUT2D eigenvalue weighted by atomic mass is 32.2. The second-order valence-electron chi connectivity index (χ2n) is 3.96. The Morgan fingerprint density at radius 2 is 2.16 bits per heavy atom. The number of rotatable bonds is 6. The molecule has 1 atom stereocenters. The highest BCUT2D eigenvalue weighted by molar-refractivity contribution is 7.99. The molecule has 8 heteroatoms. The zero-order valence-corrected chi connectivity index (χ0v) is 12.2. The van der Waals surface area contributed by atoms with Gasteiger partial charge in [0.25, 0.3) is 0 Å². The molecule has 0 bridgehead atoms. The number of nitrogens with two attached hydrogens (primary N) is 1. The van der Waals surface area contributed by atoms with Crippen molar-refractivity contribution in [1.82, 2.24) is 4.72 Å². The van der Waals surface area contributed by atoms with E-state index in [1.807, 2.05) is 13.2 Å². The Hall–Kier alpha value is -1.25. The van der Waals surface area contributed by atoms with E-state index in [9.17, 15) is 13.2 Å². The van der Waals surface area contributed by atoms with Crippen LogP contribution in [0.5, 0.6) is 0 Å². The van der Waals surface area contributed by atoms with Gasteiger partial charge in [0, 0.05) is 17.5 Å². The van der Waals surface area contributed by atoms with Gasteiger partial charge in [-0.1, -0.05) is 6.92 Å². The van der Waals surface area contributed by atoms with E-state index < -0.39 is 16.0 Å². The maximum absolute atomic E-state index is 12.1. The fourth-order valence-electron chi connectivity index (χ4n) is 1.33. The number of hydrogen-bond acceptors (Lipinski definition) is 5. The van der Waals surface area contributed by atoms with E-state index in [-0.39, 0.29) is 27.9 Å². The molecule has 0 aromatic heterocycles. The van der Waals surface area contributed by atoms with Gasteiger partial charge >= 0.3 is 5.97 Å². The maximum Gasteiger partial charge on any atom is 0.337 e. The molecule has 0 amide bonds. The zero-order valence-electron chi connectivity index (χ0n) is 10.6. The lowest BCUT2D eigenvalue weighted by atomic mass is 10.2. The highest BCUT2D eigenvalue weighted by Gasteiger charge is 2.22. The topological polar surface area (TPSA) is 109 Å². The smallest absolute Gasteiger partial charge is 0.337 e. The molecule has 1 aromatic carbocycles. The number of thioether (sulfide) groups is 1. The Bertz CT molecular complexity index is 572. The second kappa shape index (κ2) is 6.27. The van der Waals surface area contributed by atoms with Crippen molar-refractivity contribution in [2.24, 2.45) is 0 Å². The molecule has 0 aliphatic rings. The normalized spacial score (nSPS) is 13.2. The first kappa shape index (κ1) is 15.8. The fraction of sp³-hybridized carbons (Fsp3) is 0.364. The van der Waals surface area contributed by atoms with Gasteiger partial charge < -0.3 is 10.8 Å². The van der Waals surface area contributed by atoms with Crippen LogP contribution in [0.3, 0.4) is 0 Å². The Labute approximate surface area is 116 Å². The summed E-state index contributed by atoms with van der Waals surface area (Å²) in [5.74, 6) is -1.31. The molecule has 1 unspecified atom stereocenters. The van der Waals surface area contributed by atoms with Gasteiger partial charge in [-0.3, -0.25) is 0 Å². The van der Waals surface area contributed by atoms with E-state index in [4.69, 9.17) is 10.8 Å². The van der Waals surface area contributed by atoms with Gasteiger partial charge in [-0.2, -0.15) is 11.8 Å². The van der Waals surface area contributed by atoms with Crippen molar-refractivity contribution in [3.05, 3.63) is 23.8 Å². The van der Waals surface area contributed by atoms with Crippen LogP contribution in [0, 0.1) is 0 Å². The van der Waals surface area contributed by atoms with Crippen LogP contribution in [0.2, 0.25) is 0 Å². The predicted molar refractivity (Wildman–Crippen MR) is 76.0 cm³/mol. The van der Waals surface area contributed by atoms with E-state index in [0.29, 0.717) is 0 Å². The van der Waals surface area contributed by atoms with Crippen molar-refractivity contribution in [1.29, 1.82) is 0 Å². The van der Waals surface area contributed by atoms with Crippen LogP contribution in [-0.2, 0) is 10.0 Å². The summed E-state index contributed by atoms with van der Waals surface area (Å²) in [7, 11) is -3.89. The largest absolute Gasteiger partial charge is 0.478 e. The molecule has 6 nitrogen and oxygen atoms in total. The van der Waals surface area contributed by atoms with Crippen LogP contribution in [0.1, 0.15) is 17.3 Å². The van der Waals surface area contributed by atoms with Crippen LogP contribution < -0.4 is 10.5 Å². The molecule has 0 radical (unpaired) electrons. The van der Waals surface area contributed by atoms with Crippen molar-refractivity contribution in [2.45, 2.75) is 17.1 Å². The molecule has 0 spiro atoms. The van der Waals surface area contributed by atoms with Gasteiger partial charge in [0.1, 0.15) is 0 Å². The number of hydrogen-bond donors (Lipinski definition) is 3. The van der Waals surface area contributed by atoms with E-state index in [2.05, 4.69) is 4.72 Å². The third-order valence-corrected chi connectivity index (χ3v) is 4.92. The van der Waals surface area contributed by atoms with Crippen molar-refractivity contribution in [2.75, 3.05) is 18.5 Å². The summed E-state index contributed by atoms with van der Waals surface area (Å²) in [6.45, 7) is 2.09. The van der Waals surface area contributed by atoms with Crippen molar-refractivity contribution in [3.63, 3.8) is 0 Å². The lowest BCUT2D eigenvalue weighted by Gasteiger charge is -2.12. The van der Waals surface area contributed by atoms with Crippen molar-refractivity contribution in [3.8, 4) is 0 Å². The summed E-state index contributed by atoms with van der Waals surface area (Å²) < 4.78 is 26.6. The quantitative estimate of drug-likeness (QED) is 0.676. The van der Waals surface area contributed by atoms with Gasteiger partial charge in [0.05, 0.1) is 10.5 Å². The fourth-order valence-corrected chi connectivity index (χ4v) is 3.04. The van der Waals surface area contributed by atoms with E-state index in [0.717, 1.165) is 6.07 Å². The molecule has 0 saturated carbocycles. The monoisotopic (exact) mass is 304 g/mol. The Morgan fingerprint density at radius 3 is 2.68 bits per heavy atom. The molecule has 1 rings (SSSR count). The second-order valence-corrected chi connectivity index (χ2v) is 6.97. The number of anilines is 1. The average molecular weight is 304 g/mol. The summed E-state index contributed by atoms with van der Waals surface area (Å²) in [6.07, 6.45) is 1.86. The van der Waals surface area contributed by atoms with Crippen LogP contribution in [-0.4, -0.2) is 37.5 Å². The van der Waals surface area contributed by atoms with Gasteiger partial charge in [0.2, 0.25) is 10.0 Å². The molecule has 0 heterocycles. The number of carboxylic acid groups (broad SMARTS) is 1. The molecule has 19 heavy (non-hydrogen) atoms. The standard InChI is InChI=1S/C11H16N2O4S2/c1-7(18-2)6-13-19(16,17)10-5-8(12)3-4-9(10)11(14)15/h3-5,7,13H,6,12H2,1-2H3,(H,14,15). The summed E-state index contributed by atoms with van der Waals surface area (Å²) >= 11 is 1.51. The van der Waals surface area contributed by atoms with Crippen LogP contribution in [0.15, 0.2) is 23.1 Å². The Morgan fingerprint density at radius 1 is 1.53 bits per heavy atom. The molecular weight excluding hydrogens is 288 g/mol. The van der Waals surface area contributed by atoms with E-state index >= 15 is 0 Å². The summed E-state index contributed by atoms with van der Waals surface area (Å²) in [6, 6.07) is 3.69. The SMILES string of the molecule is CSC(C)CNS(=O)(=O)c1cc(N)ccc1C(=O)O. The van der Waals surface area contributed by atoms with Crippen LogP contribution >= 0.6 is 11.8 Å². The van der Waals surface area contributed by atoms with Crippen LogP contribution in [0.25, 0.3) is 0 Å². The molecule has 0 saturated heterocycles. The predicted octanol–water partition coefficient (Wildman–Crippen LogP) is 0.997. The van der Waals surface area contributed by atoms with Crippen molar-refractivity contribution >= 4 is 33.4 Å². The summed E-state index contributed by atoms with van der Waals surface area (Å²) in [5.41, 5.74) is 5.42. The zero-order chi connectivity index (χ0) is 14.6. The Kier molecular flexibility index (Phi) is 5.21. The molecule has 4 N–H and O–H groups in total. The number of nitrogen functional groups attached to an aromatic ring is 1. The van der Waals surface area contributed by atoms with E-state index in [1.165, 1.54) is 23.9 Å². The molecule has 106 valence electrons. The Balaban J connectivity index is 3.13. The summed E-state index contributed by atoms with van der Waals surface area (Å²) in [5, 5.41) is 9.09. The number of aromatic carboxylic acids is 1. The molecule has 0 aliphatic carbocycles. The average Bonchev–Trinajstić information content (AvgIpc) is 2.35. The number of carbonyl (C=O) groups is 1. The van der Waals surface area contributed by atoms with Gasteiger partial charge in [-0.05, 0) is 24.5 Å².